The first-order valence-electron chi connectivity index (χ1n) is 10.3. The molecule has 174 valence electrons. The molecule has 0 spiro atoms. The predicted molar refractivity (Wildman–Crippen MR) is 124 cm³/mol. The molecule has 0 radical (unpaired) electrons. The lowest BCUT2D eigenvalue weighted by molar-refractivity contribution is 0.0201. The first-order valence-corrected chi connectivity index (χ1v) is 10.7. The van der Waals surface area contributed by atoms with Gasteiger partial charge in [0.15, 0.2) is 0 Å². The van der Waals surface area contributed by atoms with Crippen LogP contribution in [-0.2, 0) is 4.74 Å². The summed E-state index contributed by atoms with van der Waals surface area (Å²) in [4.78, 5) is 27.4. The SMILES string of the molecule is CN(C)C(=O)Oc1ccc(C(CCOc2ccc(Cl)cc2)N(C)C(=O)OC(C)(C)C)cc1. The van der Waals surface area contributed by atoms with Crippen LogP contribution in [0.15, 0.2) is 48.5 Å². The molecule has 32 heavy (non-hydrogen) atoms. The van der Waals surface area contributed by atoms with Gasteiger partial charge in [-0.2, -0.15) is 0 Å². The minimum atomic E-state index is -0.611. The smallest absolute Gasteiger partial charge is 0.414 e. The van der Waals surface area contributed by atoms with Gasteiger partial charge >= 0.3 is 12.2 Å². The second kappa shape index (κ2) is 11.1. The van der Waals surface area contributed by atoms with Gasteiger partial charge in [-0.1, -0.05) is 23.7 Å². The Morgan fingerprint density at radius 1 is 0.906 bits per heavy atom. The molecule has 0 aromatic heterocycles. The van der Waals surface area contributed by atoms with Crippen molar-refractivity contribution in [1.29, 1.82) is 0 Å². The molecule has 0 N–H and O–H groups in total. The van der Waals surface area contributed by atoms with Gasteiger partial charge in [0.1, 0.15) is 17.1 Å². The number of amides is 2. The maximum absolute atomic E-state index is 12.7. The third-order valence-corrected chi connectivity index (χ3v) is 4.71. The molecule has 0 saturated heterocycles. The minimum Gasteiger partial charge on any atom is -0.494 e. The fourth-order valence-corrected chi connectivity index (χ4v) is 2.94. The van der Waals surface area contributed by atoms with Gasteiger partial charge in [-0.25, -0.2) is 9.59 Å². The van der Waals surface area contributed by atoms with E-state index >= 15 is 0 Å². The summed E-state index contributed by atoms with van der Waals surface area (Å²) >= 11 is 5.92. The fraction of sp³-hybridized carbons (Fsp3) is 0.417. The Kier molecular flexibility index (Phi) is 8.78. The zero-order valence-electron chi connectivity index (χ0n) is 19.4. The molecule has 1 unspecified atom stereocenters. The maximum Gasteiger partial charge on any atom is 0.414 e. The third kappa shape index (κ3) is 7.96. The molecule has 2 amide bonds. The van der Waals surface area contributed by atoms with Gasteiger partial charge in [-0.05, 0) is 62.7 Å². The Morgan fingerprint density at radius 2 is 1.47 bits per heavy atom. The molecule has 0 saturated carbocycles. The van der Waals surface area contributed by atoms with Crippen LogP contribution in [0, 0.1) is 0 Å². The zero-order chi connectivity index (χ0) is 23.9. The van der Waals surface area contributed by atoms with E-state index in [1.165, 1.54) is 4.90 Å². The number of carbonyl (C=O) groups excluding carboxylic acids is 2. The molecular weight excluding hydrogens is 432 g/mol. The molecule has 0 bridgehead atoms. The van der Waals surface area contributed by atoms with Gasteiger partial charge in [0.2, 0.25) is 0 Å². The topological polar surface area (TPSA) is 68.3 Å². The molecule has 0 heterocycles. The van der Waals surface area contributed by atoms with Gasteiger partial charge < -0.3 is 24.0 Å². The van der Waals surface area contributed by atoms with Crippen molar-refractivity contribution in [2.45, 2.75) is 38.8 Å². The Balaban J connectivity index is 2.15. The summed E-state index contributed by atoms with van der Waals surface area (Å²) < 4.78 is 16.7. The second-order valence-corrected chi connectivity index (χ2v) is 8.97. The monoisotopic (exact) mass is 462 g/mol. The van der Waals surface area contributed by atoms with Crippen LogP contribution in [0.2, 0.25) is 5.02 Å². The van der Waals surface area contributed by atoms with Gasteiger partial charge in [-0.15, -0.1) is 0 Å². The Labute approximate surface area is 194 Å². The van der Waals surface area contributed by atoms with Crippen LogP contribution in [0.4, 0.5) is 9.59 Å². The van der Waals surface area contributed by atoms with E-state index in [-0.39, 0.29) is 6.04 Å². The third-order valence-electron chi connectivity index (χ3n) is 4.46. The highest BCUT2D eigenvalue weighted by Gasteiger charge is 2.26. The average molecular weight is 463 g/mol. The number of hydrogen-bond donors (Lipinski definition) is 0. The lowest BCUT2D eigenvalue weighted by Gasteiger charge is -2.31. The lowest BCUT2D eigenvalue weighted by Crippen LogP contribution is -2.37. The average Bonchev–Trinajstić information content (AvgIpc) is 2.71. The van der Waals surface area contributed by atoms with E-state index in [0.29, 0.717) is 29.5 Å². The lowest BCUT2D eigenvalue weighted by atomic mass is 10.0. The van der Waals surface area contributed by atoms with Crippen molar-refractivity contribution in [1.82, 2.24) is 9.80 Å². The van der Waals surface area contributed by atoms with E-state index in [9.17, 15) is 9.59 Å². The summed E-state index contributed by atoms with van der Waals surface area (Å²) in [7, 11) is 4.92. The molecular formula is C24H31ClN2O5. The van der Waals surface area contributed by atoms with Gasteiger partial charge in [0.05, 0.1) is 12.6 Å². The van der Waals surface area contributed by atoms with Crippen molar-refractivity contribution in [2.75, 3.05) is 27.7 Å². The maximum atomic E-state index is 12.7. The number of rotatable bonds is 7. The van der Waals surface area contributed by atoms with Crippen molar-refractivity contribution in [3.8, 4) is 11.5 Å². The molecule has 2 aromatic rings. The zero-order valence-corrected chi connectivity index (χ0v) is 20.2. The van der Waals surface area contributed by atoms with Crippen LogP contribution in [0.25, 0.3) is 0 Å². The van der Waals surface area contributed by atoms with Gasteiger partial charge in [0, 0.05) is 32.6 Å². The molecule has 2 aromatic carbocycles. The molecule has 1 atom stereocenters. The van der Waals surface area contributed by atoms with Crippen molar-refractivity contribution >= 4 is 23.8 Å². The van der Waals surface area contributed by atoms with E-state index in [4.69, 9.17) is 25.8 Å². The normalized spacial score (nSPS) is 12.0. The second-order valence-electron chi connectivity index (χ2n) is 8.53. The molecule has 8 heteroatoms. The van der Waals surface area contributed by atoms with Crippen LogP contribution in [-0.4, -0.2) is 55.3 Å². The van der Waals surface area contributed by atoms with Crippen molar-refractivity contribution in [3.05, 3.63) is 59.1 Å². The van der Waals surface area contributed by atoms with E-state index < -0.39 is 17.8 Å². The summed E-state index contributed by atoms with van der Waals surface area (Å²) in [5, 5.41) is 0.634. The Hall–Kier alpha value is -2.93. The first-order chi connectivity index (χ1) is 15.0. The minimum absolute atomic E-state index is 0.309. The largest absolute Gasteiger partial charge is 0.494 e. The summed E-state index contributed by atoms with van der Waals surface area (Å²) in [6, 6.07) is 13.9. The molecule has 0 aliphatic heterocycles. The molecule has 0 aliphatic carbocycles. The van der Waals surface area contributed by atoms with E-state index in [2.05, 4.69) is 0 Å². The molecule has 2 rings (SSSR count). The van der Waals surface area contributed by atoms with Crippen LogP contribution < -0.4 is 9.47 Å². The summed E-state index contributed by atoms with van der Waals surface area (Å²) in [6.45, 7) is 5.85. The van der Waals surface area contributed by atoms with E-state index in [1.54, 1.807) is 62.4 Å². The van der Waals surface area contributed by atoms with Crippen molar-refractivity contribution in [2.24, 2.45) is 0 Å². The summed E-state index contributed by atoms with van der Waals surface area (Å²) in [6.07, 6.45) is -0.372. The van der Waals surface area contributed by atoms with Crippen LogP contribution in [0.5, 0.6) is 11.5 Å². The molecule has 7 nitrogen and oxygen atoms in total. The highest BCUT2D eigenvalue weighted by atomic mass is 35.5. The van der Waals surface area contributed by atoms with Crippen LogP contribution >= 0.6 is 11.6 Å². The first kappa shape index (κ1) is 25.3. The molecule has 0 fully saturated rings. The summed E-state index contributed by atoms with van der Waals surface area (Å²) in [5.74, 6) is 1.11. The number of hydrogen-bond acceptors (Lipinski definition) is 5. The summed E-state index contributed by atoms with van der Waals surface area (Å²) in [5.41, 5.74) is 0.252. The van der Waals surface area contributed by atoms with Crippen molar-refractivity contribution in [3.63, 3.8) is 0 Å². The van der Waals surface area contributed by atoms with Gasteiger partial charge in [-0.3, -0.25) is 0 Å². The Morgan fingerprint density at radius 3 is 2.00 bits per heavy atom. The van der Waals surface area contributed by atoms with E-state index in [0.717, 1.165) is 5.56 Å². The van der Waals surface area contributed by atoms with E-state index in [1.807, 2.05) is 32.9 Å². The molecule has 0 aliphatic rings. The van der Waals surface area contributed by atoms with Crippen molar-refractivity contribution < 1.29 is 23.8 Å². The van der Waals surface area contributed by atoms with Crippen LogP contribution in [0.3, 0.4) is 0 Å². The van der Waals surface area contributed by atoms with Crippen LogP contribution in [0.1, 0.15) is 38.8 Å². The highest BCUT2D eigenvalue weighted by Crippen LogP contribution is 2.28. The Bertz CT molecular complexity index is 892. The number of carbonyl (C=O) groups is 2. The number of ether oxygens (including phenoxy) is 3. The highest BCUT2D eigenvalue weighted by molar-refractivity contribution is 6.30. The number of nitrogens with zero attached hydrogens (tertiary/aromatic N) is 2. The number of halogens is 1. The quantitative estimate of drug-likeness (QED) is 0.521. The predicted octanol–water partition coefficient (Wildman–Crippen LogP) is 5.78. The standard InChI is InChI=1S/C24H31ClN2O5/c1-24(2,3)32-23(29)27(6)21(15-16-30-19-13-9-18(25)10-14-19)17-7-11-20(12-8-17)31-22(28)26(4)5/h7-14,21H,15-16H2,1-6H3. The number of benzene rings is 2. The van der Waals surface area contributed by atoms with Gasteiger partial charge in [0.25, 0.3) is 0 Å². The fourth-order valence-electron chi connectivity index (χ4n) is 2.81.